The van der Waals surface area contributed by atoms with Crippen molar-refractivity contribution in [2.75, 3.05) is 19.8 Å². The van der Waals surface area contributed by atoms with Gasteiger partial charge in [-0.1, -0.05) is 12.1 Å². The summed E-state index contributed by atoms with van der Waals surface area (Å²) in [5.74, 6) is 0.0966. The van der Waals surface area contributed by atoms with Crippen LogP contribution in [-0.2, 0) is 11.2 Å². The molecule has 0 aliphatic rings. The molecule has 0 unspecified atom stereocenters. The highest BCUT2D eigenvalue weighted by Gasteiger charge is 2.05. The summed E-state index contributed by atoms with van der Waals surface area (Å²) in [6.45, 7) is 2.63. The van der Waals surface area contributed by atoms with Crippen molar-refractivity contribution in [1.82, 2.24) is 5.32 Å². The number of aliphatic carboxylic acids is 1. The van der Waals surface area contributed by atoms with Gasteiger partial charge in [-0.3, -0.25) is 4.79 Å². The van der Waals surface area contributed by atoms with Crippen molar-refractivity contribution >= 4 is 11.9 Å². The molecule has 0 bridgehead atoms. The van der Waals surface area contributed by atoms with Crippen molar-refractivity contribution in [3.63, 3.8) is 0 Å². The van der Waals surface area contributed by atoms with E-state index in [0.29, 0.717) is 30.9 Å². The summed E-state index contributed by atoms with van der Waals surface area (Å²) in [5, 5.41) is 11.4. The van der Waals surface area contributed by atoms with Crippen molar-refractivity contribution in [2.24, 2.45) is 0 Å². The smallest absolute Gasteiger partial charge is 0.341 e. The standard InChI is InChI=1S/C19H21NO5/c1-2-24-16-9-5-15(6-10-16)19(23)20-12-11-14-3-7-17(8-4-14)25-13-18(21)22/h3-10H,2,11-13H2,1H3,(H,20,23)(H,21,22). The van der Waals surface area contributed by atoms with E-state index in [4.69, 9.17) is 14.6 Å². The van der Waals surface area contributed by atoms with Crippen LogP contribution in [-0.4, -0.2) is 36.7 Å². The van der Waals surface area contributed by atoms with Gasteiger partial charge in [-0.2, -0.15) is 0 Å². The van der Waals surface area contributed by atoms with Crippen molar-refractivity contribution < 1.29 is 24.2 Å². The van der Waals surface area contributed by atoms with Gasteiger partial charge in [0.05, 0.1) is 6.61 Å². The molecule has 0 aliphatic heterocycles. The van der Waals surface area contributed by atoms with E-state index in [0.717, 1.165) is 11.3 Å². The van der Waals surface area contributed by atoms with Crippen LogP contribution < -0.4 is 14.8 Å². The van der Waals surface area contributed by atoms with Crippen LogP contribution in [0.5, 0.6) is 11.5 Å². The lowest BCUT2D eigenvalue weighted by atomic mass is 10.1. The summed E-state index contributed by atoms with van der Waals surface area (Å²) in [6.07, 6.45) is 0.669. The molecule has 6 heteroatoms. The Labute approximate surface area is 146 Å². The van der Waals surface area contributed by atoms with Crippen LogP contribution in [0.4, 0.5) is 0 Å². The fraction of sp³-hybridized carbons (Fsp3) is 0.263. The van der Waals surface area contributed by atoms with Crippen molar-refractivity contribution in [2.45, 2.75) is 13.3 Å². The van der Waals surface area contributed by atoms with Crippen LogP contribution in [0.1, 0.15) is 22.8 Å². The highest BCUT2D eigenvalue weighted by atomic mass is 16.5. The van der Waals surface area contributed by atoms with E-state index in [1.807, 2.05) is 19.1 Å². The first-order valence-corrected chi connectivity index (χ1v) is 8.03. The molecule has 2 aromatic carbocycles. The normalized spacial score (nSPS) is 10.1. The molecule has 2 rings (SSSR count). The minimum absolute atomic E-state index is 0.135. The quantitative estimate of drug-likeness (QED) is 0.731. The molecule has 25 heavy (non-hydrogen) atoms. The molecule has 0 heterocycles. The van der Waals surface area contributed by atoms with Gasteiger partial charge in [0.25, 0.3) is 5.91 Å². The fourth-order valence-electron chi connectivity index (χ4n) is 2.19. The lowest BCUT2D eigenvalue weighted by molar-refractivity contribution is -0.139. The number of benzene rings is 2. The lowest BCUT2D eigenvalue weighted by Crippen LogP contribution is -2.25. The minimum Gasteiger partial charge on any atom is -0.494 e. The molecule has 132 valence electrons. The molecule has 6 nitrogen and oxygen atoms in total. The van der Waals surface area contributed by atoms with Gasteiger partial charge in [0, 0.05) is 12.1 Å². The summed E-state index contributed by atoms with van der Waals surface area (Å²) < 4.78 is 10.4. The molecule has 0 spiro atoms. The zero-order valence-electron chi connectivity index (χ0n) is 14.0. The number of carbonyl (C=O) groups is 2. The SMILES string of the molecule is CCOc1ccc(C(=O)NCCc2ccc(OCC(=O)O)cc2)cc1. The third-order valence-corrected chi connectivity index (χ3v) is 3.41. The number of hydrogen-bond acceptors (Lipinski definition) is 4. The highest BCUT2D eigenvalue weighted by molar-refractivity contribution is 5.94. The maximum atomic E-state index is 12.1. The predicted molar refractivity (Wildman–Crippen MR) is 93.2 cm³/mol. The molecule has 0 atom stereocenters. The predicted octanol–water partition coefficient (Wildman–Crippen LogP) is 2.52. The zero-order chi connectivity index (χ0) is 18.1. The minimum atomic E-state index is -1.01. The van der Waals surface area contributed by atoms with E-state index in [1.54, 1.807) is 36.4 Å². The van der Waals surface area contributed by atoms with Crippen LogP contribution in [0, 0.1) is 0 Å². The Balaban J connectivity index is 1.77. The molecule has 2 aromatic rings. The number of carboxylic acids is 1. The molecule has 0 aliphatic carbocycles. The van der Waals surface area contributed by atoms with E-state index in [2.05, 4.69) is 5.32 Å². The number of nitrogens with one attached hydrogen (secondary N) is 1. The molecule has 0 aromatic heterocycles. The Morgan fingerprint density at radius 3 is 2.16 bits per heavy atom. The average molecular weight is 343 g/mol. The Kier molecular flexibility index (Phi) is 6.83. The van der Waals surface area contributed by atoms with Crippen molar-refractivity contribution in [3.8, 4) is 11.5 Å². The number of carbonyl (C=O) groups excluding carboxylic acids is 1. The summed E-state index contributed by atoms with van der Waals surface area (Å²) in [4.78, 5) is 22.5. The maximum absolute atomic E-state index is 12.1. The van der Waals surface area contributed by atoms with Gasteiger partial charge in [0.15, 0.2) is 6.61 Å². The van der Waals surface area contributed by atoms with Crippen LogP contribution in [0.25, 0.3) is 0 Å². The average Bonchev–Trinajstić information content (AvgIpc) is 2.62. The highest BCUT2D eigenvalue weighted by Crippen LogP contribution is 2.13. The third kappa shape index (κ3) is 6.18. The molecule has 0 saturated carbocycles. The third-order valence-electron chi connectivity index (χ3n) is 3.41. The van der Waals surface area contributed by atoms with Crippen LogP contribution >= 0.6 is 0 Å². The maximum Gasteiger partial charge on any atom is 0.341 e. The van der Waals surface area contributed by atoms with Gasteiger partial charge < -0.3 is 19.9 Å². The molecular formula is C19H21NO5. The molecule has 0 radical (unpaired) electrons. The molecule has 0 saturated heterocycles. The Bertz CT molecular complexity index is 695. The second-order valence-electron chi connectivity index (χ2n) is 5.29. The number of ether oxygens (including phenoxy) is 2. The van der Waals surface area contributed by atoms with Gasteiger partial charge in [0.1, 0.15) is 11.5 Å². The van der Waals surface area contributed by atoms with Gasteiger partial charge in [-0.05, 0) is 55.3 Å². The number of amides is 1. The molecule has 0 fully saturated rings. The van der Waals surface area contributed by atoms with E-state index in [9.17, 15) is 9.59 Å². The summed E-state index contributed by atoms with van der Waals surface area (Å²) in [7, 11) is 0. The van der Waals surface area contributed by atoms with Gasteiger partial charge in [0.2, 0.25) is 0 Å². The second-order valence-corrected chi connectivity index (χ2v) is 5.29. The Morgan fingerprint density at radius 2 is 1.56 bits per heavy atom. The van der Waals surface area contributed by atoms with E-state index in [-0.39, 0.29) is 12.5 Å². The van der Waals surface area contributed by atoms with Crippen LogP contribution in [0.15, 0.2) is 48.5 Å². The number of carboxylic acid groups (broad SMARTS) is 1. The zero-order valence-corrected chi connectivity index (χ0v) is 14.0. The number of hydrogen-bond donors (Lipinski definition) is 2. The summed E-state index contributed by atoms with van der Waals surface area (Å²) in [5.41, 5.74) is 1.61. The van der Waals surface area contributed by atoms with E-state index >= 15 is 0 Å². The Morgan fingerprint density at radius 1 is 0.960 bits per heavy atom. The van der Waals surface area contributed by atoms with E-state index < -0.39 is 5.97 Å². The van der Waals surface area contributed by atoms with Gasteiger partial charge in [-0.15, -0.1) is 0 Å². The molecule has 1 amide bonds. The summed E-state index contributed by atoms with van der Waals surface area (Å²) in [6, 6.07) is 14.1. The van der Waals surface area contributed by atoms with Crippen LogP contribution in [0.3, 0.4) is 0 Å². The second kappa shape index (κ2) is 9.32. The first-order valence-electron chi connectivity index (χ1n) is 8.03. The van der Waals surface area contributed by atoms with Crippen LogP contribution in [0.2, 0.25) is 0 Å². The van der Waals surface area contributed by atoms with Crippen molar-refractivity contribution in [3.05, 3.63) is 59.7 Å². The van der Waals surface area contributed by atoms with Gasteiger partial charge >= 0.3 is 5.97 Å². The summed E-state index contributed by atoms with van der Waals surface area (Å²) >= 11 is 0. The number of rotatable bonds is 9. The van der Waals surface area contributed by atoms with Crippen molar-refractivity contribution in [1.29, 1.82) is 0 Å². The monoisotopic (exact) mass is 343 g/mol. The first-order chi connectivity index (χ1) is 12.1. The van der Waals surface area contributed by atoms with E-state index in [1.165, 1.54) is 0 Å². The molecule has 2 N–H and O–H groups in total. The Hall–Kier alpha value is -3.02. The molecular weight excluding hydrogens is 322 g/mol. The fourth-order valence-corrected chi connectivity index (χ4v) is 2.19. The lowest BCUT2D eigenvalue weighted by Gasteiger charge is -2.08. The van der Waals surface area contributed by atoms with Gasteiger partial charge in [-0.25, -0.2) is 4.79 Å². The first kappa shape index (κ1) is 18.3. The topological polar surface area (TPSA) is 84.9 Å². The largest absolute Gasteiger partial charge is 0.494 e.